The van der Waals surface area contributed by atoms with Gasteiger partial charge in [-0.1, -0.05) is 0 Å². The molecule has 20 heavy (non-hydrogen) atoms. The number of aromatic nitrogens is 2. The van der Waals surface area contributed by atoms with Gasteiger partial charge in [0.1, 0.15) is 23.1 Å². The van der Waals surface area contributed by atoms with Crippen LogP contribution in [0.15, 0.2) is 28.7 Å². The summed E-state index contributed by atoms with van der Waals surface area (Å²) in [7, 11) is 1.62. The van der Waals surface area contributed by atoms with E-state index in [0.29, 0.717) is 17.5 Å². The second-order valence-electron chi connectivity index (χ2n) is 4.07. The lowest BCUT2D eigenvalue weighted by Gasteiger charge is -2.10. The molecule has 1 aromatic carbocycles. The second-order valence-corrected chi connectivity index (χ2v) is 4.92. The molecule has 2 rings (SSSR count). The van der Waals surface area contributed by atoms with E-state index >= 15 is 0 Å². The molecule has 0 amide bonds. The van der Waals surface area contributed by atoms with Crippen LogP contribution in [0.4, 0.5) is 5.82 Å². The average Bonchev–Trinajstić information content (AvgIpc) is 2.41. The topological polar surface area (TPSA) is 56.3 Å². The Morgan fingerprint density at radius 1 is 1.25 bits per heavy atom. The van der Waals surface area contributed by atoms with Gasteiger partial charge in [-0.25, -0.2) is 4.98 Å². The summed E-state index contributed by atoms with van der Waals surface area (Å²) in [5.74, 6) is 3.34. The Morgan fingerprint density at radius 3 is 2.70 bits per heavy atom. The molecule has 1 N–H and O–H groups in total. The van der Waals surface area contributed by atoms with Gasteiger partial charge in [0.2, 0.25) is 5.88 Å². The fraction of sp³-hybridized carbons (Fsp3) is 0.286. The van der Waals surface area contributed by atoms with Crippen LogP contribution in [-0.2, 0) is 0 Å². The first-order valence-corrected chi connectivity index (χ1v) is 7.02. The van der Waals surface area contributed by atoms with Crippen molar-refractivity contribution in [2.24, 2.45) is 0 Å². The van der Waals surface area contributed by atoms with Crippen molar-refractivity contribution in [2.75, 3.05) is 19.0 Å². The van der Waals surface area contributed by atoms with Crippen LogP contribution in [0.25, 0.3) is 0 Å². The third-order valence-electron chi connectivity index (χ3n) is 2.53. The Morgan fingerprint density at radius 2 is 2.05 bits per heavy atom. The number of hydrogen-bond donors (Lipinski definition) is 1. The van der Waals surface area contributed by atoms with Crippen LogP contribution in [0, 0.1) is 6.92 Å². The van der Waals surface area contributed by atoms with Gasteiger partial charge in [-0.2, -0.15) is 4.98 Å². The molecule has 1 heterocycles. The normalized spacial score (nSPS) is 10.2. The lowest BCUT2D eigenvalue weighted by Crippen LogP contribution is -2.02. The van der Waals surface area contributed by atoms with E-state index in [1.54, 1.807) is 13.2 Å². The molecule has 0 spiro atoms. The number of halogens is 1. The van der Waals surface area contributed by atoms with Crippen LogP contribution in [0.3, 0.4) is 0 Å². The van der Waals surface area contributed by atoms with Gasteiger partial charge in [-0.05, 0) is 48.0 Å². The molecule has 0 atom stereocenters. The molecule has 0 saturated heterocycles. The molecule has 0 aliphatic rings. The molecule has 6 heteroatoms. The molecule has 0 unspecified atom stereocenters. The Balaban J connectivity index is 2.25. The fourth-order valence-electron chi connectivity index (χ4n) is 1.67. The first-order valence-electron chi connectivity index (χ1n) is 6.23. The maximum atomic E-state index is 5.78. The highest BCUT2D eigenvalue weighted by molar-refractivity contribution is 9.10. The lowest BCUT2D eigenvalue weighted by molar-refractivity contribution is 0.411. The number of nitrogens with zero attached hydrogens (tertiary/aromatic N) is 2. The maximum absolute atomic E-state index is 5.78. The van der Waals surface area contributed by atoms with Gasteiger partial charge in [0.25, 0.3) is 0 Å². The zero-order valence-corrected chi connectivity index (χ0v) is 13.2. The third-order valence-corrected chi connectivity index (χ3v) is 3.15. The van der Waals surface area contributed by atoms with Crippen LogP contribution in [0.1, 0.15) is 12.7 Å². The van der Waals surface area contributed by atoms with E-state index in [1.165, 1.54) is 0 Å². The highest BCUT2D eigenvalue weighted by atomic mass is 79.9. The molecule has 5 nitrogen and oxygen atoms in total. The molecule has 0 radical (unpaired) electrons. The minimum absolute atomic E-state index is 0.499. The number of ether oxygens (including phenoxy) is 2. The molecule has 0 aliphatic heterocycles. The zero-order chi connectivity index (χ0) is 14.5. The van der Waals surface area contributed by atoms with Gasteiger partial charge in [0, 0.05) is 12.6 Å². The minimum atomic E-state index is 0.499. The van der Waals surface area contributed by atoms with Crippen molar-refractivity contribution in [2.45, 2.75) is 13.8 Å². The predicted octanol–water partition coefficient (Wildman–Crippen LogP) is 3.78. The molecular formula is C14H16BrN3O2. The van der Waals surface area contributed by atoms with Gasteiger partial charge in [0.05, 0.1) is 11.6 Å². The number of aryl methyl sites for hydroxylation is 1. The smallest absolute Gasteiger partial charge is 0.224 e. The summed E-state index contributed by atoms with van der Waals surface area (Å²) in [5, 5.41) is 3.14. The molecule has 0 fully saturated rings. The third kappa shape index (κ3) is 3.60. The van der Waals surface area contributed by atoms with Crippen LogP contribution in [0.2, 0.25) is 0 Å². The van der Waals surface area contributed by atoms with Crippen molar-refractivity contribution in [3.63, 3.8) is 0 Å². The van der Waals surface area contributed by atoms with E-state index in [0.717, 1.165) is 22.6 Å². The van der Waals surface area contributed by atoms with Gasteiger partial charge < -0.3 is 14.8 Å². The van der Waals surface area contributed by atoms with E-state index in [4.69, 9.17) is 9.47 Å². The Kier molecular flexibility index (Phi) is 4.79. The number of methoxy groups -OCH3 is 1. The summed E-state index contributed by atoms with van der Waals surface area (Å²) < 4.78 is 11.7. The van der Waals surface area contributed by atoms with Crippen LogP contribution in [-0.4, -0.2) is 23.6 Å². The molecule has 0 aliphatic carbocycles. The van der Waals surface area contributed by atoms with Crippen LogP contribution >= 0.6 is 15.9 Å². The standard InChI is InChI=1S/C14H16BrN3O2/c1-4-16-13-8-14(18-9(2)17-13)20-12-6-5-10(19-3)7-11(12)15/h5-8H,4H2,1-3H3,(H,16,17,18). The molecular weight excluding hydrogens is 322 g/mol. The molecule has 0 saturated carbocycles. The van der Waals surface area contributed by atoms with Gasteiger partial charge >= 0.3 is 0 Å². The minimum Gasteiger partial charge on any atom is -0.497 e. The first kappa shape index (κ1) is 14.6. The number of nitrogens with one attached hydrogen (secondary N) is 1. The molecule has 1 aromatic heterocycles. The maximum Gasteiger partial charge on any atom is 0.224 e. The number of benzene rings is 1. The Hall–Kier alpha value is -1.82. The van der Waals surface area contributed by atoms with Crippen LogP contribution < -0.4 is 14.8 Å². The Labute approximate surface area is 126 Å². The fourth-order valence-corrected chi connectivity index (χ4v) is 2.11. The molecule has 0 bridgehead atoms. The van der Waals surface area contributed by atoms with Gasteiger partial charge in [-0.3, -0.25) is 0 Å². The van der Waals surface area contributed by atoms with E-state index in [-0.39, 0.29) is 0 Å². The Bertz CT molecular complexity index is 605. The highest BCUT2D eigenvalue weighted by Gasteiger charge is 2.07. The predicted molar refractivity (Wildman–Crippen MR) is 81.7 cm³/mol. The van der Waals surface area contributed by atoms with Crippen molar-refractivity contribution < 1.29 is 9.47 Å². The second kappa shape index (κ2) is 6.56. The summed E-state index contributed by atoms with van der Waals surface area (Å²) in [6, 6.07) is 7.27. The van der Waals surface area contributed by atoms with E-state index in [1.807, 2.05) is 32.0 Å². The van der Waals surface area contributed by atoms with Crippen molar-refractivity contribution in [1.29, 1.82) is 0 Å². The average molecular weight is 338 g/mol. The SMILES string of the molecule is CCNc1cc(Oc2ccc(OC)cc2Br)nc(C)n1. The summed E-state index contributed by atoms with van der Waals surface area (Å²) in [6.07, 6.45) is 0. The lowest BCUT2D eigenvalue weighted by atomic mass is 10.3. The summed E-state index contributed by atoms with van der Waals surface area (Å²) >= 11 is 3.45. The number of hydrogen-bond acceptors (Lipinski definition) is 5. The van der Waals surface area contributed by atoms with Crippen molar-refractivity contribution >= 4 is 21.7 Å². The van der Waals surface area contributed by atoms with E-state index in [9.17, 15) is 0 Å². The monoisotopic (exact) mass is 337 g/mol. The molecule has 2 aromatic rings. The van der Waals surface area contributed by atoms with E-state index in [2.05, 4.69) is 31.2 Å². The van der Waals surface area contributed by atoms with Crippen molar-refractivity contribution in [1.82, 2.24) is 9.97 Å². The quantitative estimate of drug-likeness (QED) is 0.899. The van der Waals surface area contributed by atoms with Crippen LogP contribution in [0.5, 0.6) is 17.4 Å². The summed E-state index contributed by atoms with van der Waals surface area (Å²) in [6.45, 7) is 4.64. The summed E-state index contributed by atoms with van der Waals surface area (Å²) in [4.78, 5) is 8.55. The largest absolute Gasteiger partial charge is 0.497 e. The van der Waals surface area contributed by atoms with Gasteiger partial charge in [0.15, 0.2) is 0 Å². The highest BCUT2D eigenvalue weighted by Crippen LogP contribution is 2.32. The van der Waals surface area contributed by atoms with Crippen molar-refractivity contribution in [3.8, 4) is 17.4 Å². The number of anilines is 1. The van der Waals surface area contributed by atoms with E-state index < -0.39 is 0 Å². The van der Waals surface area contributed by atoms with Gasteiger partial charge in [-0.15, -0.1) is 0 Å². The summed E-state index contributed by atoms with van der Waals surface area (Å²) in [5.41, 5.74) is 0. The molecule has 106 valence electrons. The van der Waals surface area contributed by atoms with Crippen molar-refractivity contribution in [3.05, 3.63) is 34.6 Å². The number of rotatable bonds is 5. The zero-order valence-electron chi connectivity index (χ0n) is 11.6. The first-order chi connectivity index (χ1) is 9.62.